The normalized spacial score (nSPS) is 14.9. The van der Waals surface area contributed by atoms with Crippen LogP contribution in [0.15, 0.2) is 22.2 Å². The second-order valence-electron chi connectivity index (χ2n) is 4.71. The van der Waals surface area contributed by atoms with E-state index in [4.69, 9.17) is 4.74 Å². The molecule has 0 bridgehead atoms. The number of carbonyl (C=O) groups excluding carboxylic acids is 1. The van der Waals surface area contributed by atoms with Crippen LogP contribution in [0.4, 0.5) is 0 Å². The Bertz CT molecular complexity index is 629. The molecule has 1 fully saturated rings. The third-order valence-electron chi connectivity index (χ3n) is 3.34. The second-order valence-corrected chi connectivity index (χ2v) is 5.57. The van der Waals surface area contributed by atoms with Crippen molar-refractivity contribution in [2.75, 3.05) is 20.2 Å². The maximum absolute atomic E-state index is 12.3. The number of hydrogen-bond acceptors (Lipinski definition) is 4. The van der Waals surface area contributed by atoms with Crippen LogP contribution in [0, 0.1) is 11.3 Å². The number of likely N-dealkylation sites (tertiary alicyclic amines) is 1. The lowest BCUT2D eigenvalue weighted by molar-refractivity contribution is -0.125. The van der Waals surface area contributed by atoms with Crippen LogP contribution in [0.2, 0.25) is 0 Å². The first kappa shape index (κ1) is 15.4. The molecule has 1 amide bonds. The summed E-state index contributed by atoms with van der Waals surface area (Å²) in [4.78, 5) is 13.9. The van der Waals surface area contributed by atoms with Gasteiger partial charge in [-0.15, -0.1) is 0 Å². The van der Waals surface area contributed by atoms with Gasteiger partial charge in [-0.25, -0.2) is 0 Å². The molecule has 0 aliphatic carbocycles. The highest BCUT2D eigenvalue weighted by atomic mass is 79.9. The average molecular weight is 351 g/mol. The van der Waals surface area contributed by atoms with Crippen molar-refractivity contribution in [1.29, 1.82) is 5.26 Å². The molecule has 2 rings (SSSR count). The molecule has 0 spiro atoms. The lowest BCUT2D eigenvalue weighted by Crippen LogP contribution is -2.28. The maximum atomic E-state index is 12.3. The Morgan fingerprint density at radius 2 is 2.14 bits per heavy atom. The summed E-state index contributed by atoms with van der Waals surface area (Å²) in [5, 5.41) is 18.9. The fourth-order valence-corrected chi connectivity index (χ4v) is 2.67. The number of methoxy groups -OCH3 is 1. The van der Waals surface area contributed by atoms with Gasteiger partial charge in [0.1, 0.15) is 11.6 Å². The summed E-state index contributed by atoms with van der Waals surface area (Å²) in [6.45, 7) is 1.38. The lowest BCUT2D eigenvalue weighted by Gasteiger charge is -2.14. The summed E-state index contributed by atoms with van der Waals surface area (Å²) in [5.74, 6) is 0.0233. The Labute approximate surface area is 131 Å². The van der Waals surface area contributed by atoms with Gasteiger partial charge in [-0.2, -0.15) is 5.26 Å². The quantitative estimate of drug-likeness (QED) is 0.671. The topological polar surface area (TPSA) is 73.6 Å². The number of rotatable bonds is 3. The predicted octanol–water partition coefficient (Wildman–Crippen LogP) is 2.69. The standard InChI is InChI=1S/C15H15BrN2O3/c1-21-14-7-10(12(16)8-13(14)19)6-11(9-17)15(20)18-4-2-3-5-18/h6-8,19H,2-5H2,1H3/b11-6+. The van der Waals surface area contributed by atoms with Crippen LogP contribution in [0.5, 0.6) is 11.5 Å². The Morgan fingerprint density at radius 3 is 2.71 bits per heavy atom. The van der Waals surface area contributed by atoms with E-state index in [1.807, 2.05) is 6.07 Å². The van der Waals surface area contributed by atoms with Crippen LogP contribution in [0.3, 0.4) is 0 Å². The number of aromatic hydroxyl groups is 1. The molecule has 0 aromatic heterocycles. The summed E-state index contributed by atoms with van der Waals surface area (Å²) in [5.41, 5.74) is 0.680. The molecule has 0 saturated carbocycles. The zero-order valence-corrected chi connectivity index (χ0v) is 13.2. The van der Waals surface area contributed by atoms with Crippen molar-refractivity contribution in [3.63, 3.8) is 0 Å². The molecule has 1 N–H and O–H groups in total. The first-order valence-electron chi connectivity index (χ1n) is 6.54. The SMILES string of the molecule is COc1cc(/C=C(\C#N)C(=O)N2CCCC2)c(Br)cc1O. The summed E-state index contributed by atoms with van der Waals surface area (Å²) in [6, 6.07) is 5.00. The number of nitriles is 1. The molecular weight excluding hydrogens is 336 g/mol. The molecule has 1 aromatic carbocycles. The van der Waals surface area contributed by atoms with Crippen LogP contribution < -0.4 is 4.74 Å². The highest BCUT2D eigenvalue weighted by Crippen LogP contribution is 2.33. The third kappa shape index (κ3) is 3.37. The zero-order valence-electron chi connectivity index (χ0n) is 11.6. The third-order valence-corrected chi connectivity index (χ3v) is 4.03. The van der Waals surface area contributed by atoms with Crippen LogP contribution in [0.25, 0.3) is 6.08 Å². The molecule has 1 aliphatic heterocycles. The molecule has 6 heteroatoms. The van der Waals surface area contributed by atoms with Crippen molar-refractivity contribution in [2.45, 2.75) is 12.8 Å². The van der Waals surface area contributed by atoms with Crippen molar-refractivity contribution < 1.29 is 14.6 Å². The number of carbonyl (C=O) groups is 1. The van der Waals surface area contributed by atoms with E-state index in [1.54, 1.807) is 11.0 Å². The molecular formula is C15H15BrN2O3. The van der Waals surface area contributed by atoms with Crippen LogP contribution in [-0.4, -0.2) is 36.1 Å². The number of phenols is 1. The van der Waals surface area contributed by atoms with Gasteiger partial charge in [-0.1, -0.05) is 15.9 Å². The number of ether oxygens (including phenoxy) is 1. The largest absolute Gasteiger partial charge is 0.504 e. The highest BCUT2D eigenvalue weighted by molar-refractivity contribution is 9.10. The van der Waals surface area contributed by atoms with Crippen molar-refractivity contribution >= 4 is 27.9 Å². The zero-order chi connectivity index (χ0) is 15.4. The maximum Gasteiger partial charge on any atom is 0.264 e. The van der Waals surface area contributed by atoms with Crippen LogP contribution in [-0.2, 0) is 4.79 Å². The van der Waals surface area contributed by atoms with Gasteiger partial charge in [0.15, 0.2) is 11.5 Å². The van der Waals surface area contributed by atoms with E-state index in [9.17, 15) is 15.2 Å². The monoisotopic (exact) mass is 350 g/mol. The van der Waals surface area contributed by atoms with Gasteiger partial charge >= 0.3 is 0 Å². The molecule has 110 valence electrons. The van der Waals surface area contributed by atoms with Crippen LogP contribution in [0.1, 0.15) is 18.4 Å². The van der Waals surface area contributed by atoms with Crippen molar-refractivity contribution in [3.8, 4) is 17.6 Å². The fourth-order valence-electron chi connectivity index (χ4n) is 2.22. The molecule has 0 unspecified atom stereocenters. The highest BCUT2D eigenvalue weighted by Gasteiger charge is 2.21. The minimum Gasteiger partial charge on any atom is -0.504 e. The second kappa shape index (κ2) is 6.64. The van der Waals surface area contributed by atoms with E-state index in [0.717, 1.165) is 12.8 Å². The first-order chi connectivity index (χ1) is 10.1. The molecule has 1 aliphatic rings. The minimum atomic E-state index is -0.256. The Kier molecular flexibility index (Phi) is 4.86. The number of amides is 1. The molecule has 1 saturated heterocycles. The molecule has 0 radical (unpaired) electrons. The summed E-state index contributed by atoms with van der Waals surface area (Å²) in [7, 11) is 1.44. The molecule has 1 heterocycles. The number of halogens is 1. The van der Waals surface area contributed by atoms with Gasteiger partial charge in [0.2, 0.25) is 0 Å². The average Bonchev–Trinajstić information content (AvgIpc) is 3.00. The van der Waals surface area contributed by atoms with Crippen LogP contribution >= 0.6 is 15.9 Å². The van der Waals surface area contributed by atoms with E-state index < -0.39 is 0 Å². The molecule has 5 nitrogen and oxygen atoms in total. The number of hydrogen-bond donors (Lipinski definition) is 1. The molecule has 0 atom stereocenters. The summed E-state index contributed by atoms with van der Waals surface area (Å²) < 4.78 is 5.62. The van der Waals surface area contributed by atoms with E-state index in [-0.39, 0.29) is 23.0 Å². The Balaban J connectivity index is 2.36. The van der Waals surface area contributed by atoms with Gasteiger partial charge in [-0.05, 0) is 36.6 Å². The summed E-state index contributed by atoms with van der Waals surface area (Å²) >= 11 is 3.31. The van der Waals surface area contributed by atoms with Gasteiger partial charge in [0, 0.05) is 17.6 Å². The van der Waals surface area contributed by atoms with Gasteiger partial charge in [0.05, 0.1) is 7.11 Å². The lowest BCUT2D eigenvalue weighted by atomic mass is 10.1. The number of nitrogens with zero attached hydrogens (tertiary/aromatic N) is 2. The van der Waals surface area contributed by atoms with E-state index in [0.29, 0.717) is 23.1 Å². The number of phenolic OH excluding ortho intramolecular Hbond substituents is 1. The van der Waals surface area contributed by atoms with Gasteiger partial charge in [-0.3, -0.25) is 4.79 Å². The van der Waals surface area contributed by atoms with Crippen molar-refractivity contribution in [3.05, 3.63) is 27.7 Å². The molecule has 1 aromatic rings. The van der Waals surface area contributed by atoms with E-state index in [2.05, 4.69) is 15.9 Å². The first-order valence-corrected chi connectivity index (χ1v) is 7.33. The van der Waals surface area contributed by atoms with Gasteiger partial charge in [0.25, 0.3) is 5.91 Å². The van der Waals surface area contributed by atoms with Crippen molar-refractivity contribution in [2.24, 2.45) is 0 Å². The Morgan fingerprint density at radius 1 is 1.48 bits per heavy atom. The fraction of sp³-hybridized carbons (Fsp3) is 0.333. The molecule has 21 heavy (non-hydrogen) atoms. The van der Waals surface area contributed by atoms with Gasteiger partial charge < -0.3 is 14.7 Å². The van der Waals surface area contributed by atoms with E-state index >= 15 is 0 Å². The smallest absolute Gasteiger partial charge is 0.264 e. The van der Waals surface area contributed by atoms with Crippen molar-refractivity contribution in [1.82, 2.24) is 4.90 Å². The van der Waals surface area contributed by atoms with E-state index in [1.165, 1.54) is 19.3 Å². The number of benzene rings is 1. The summed E-state index contributed by atoms with van der Waals surface area (Å²) in [6.07, 6.45) is 3.45. The predicted molar refractivity (Wildman–Crippen MR) is 81.8 cm³/mol. The Hall–Kier alpha value is -2.00. The minimum absolute atomic E-state index is 0.00842.